The molecule has 2 aromatic carbocycles. The van der Waals surface area contributed by atoms with Crippen LogP contribution >= 0.6 is 0 Å². The van der Waals surface area contributed by atoms with Crippen molar-refractivity contribution in [3.8, 4) is 0 Å². The summed E-state index contributed by atoms with van der Waals surface area (Å²) in [5.41, 5.74) is 3.51. The second-order valence-corrected chi connectivity index (χ2v) is 8.14. The summed E-state index contributed by atoms with van der Waals surface area (Å²) in [4.78, 5) is 32.8. The van der Waals surface area contributed by atoms with Crippen LogP contribution in [0.5, 0.6) is 0 Å². The Labute approximate surface area is 181 Å². The van der Waals surface area contributed by atoms with E-state index in [2.05, 4.69) is 11.9 Å². The van der Waals surface area contributed by atoms with Crippen LogP contribution in [0.15, 0.2) is 60.3 Å². The van der Waals surface area contributed by atoms with Gasteiger partial charge in [0, 0.05) is 35.8 Å². The van der Waals surface area contributed by atoms with Crippen molar-refractivity contribution in [1.82, 2.24) is 14.8 Å². The number of rotatable bonds is 6. The summed E-state index contributed by atoms with van der Waals surface area (Å²) in [5, 5.41) is 12.1. The SMILES string of the molecule is CCc1ccc(C2/C(=C(/O)c3c[nH]c4ccccc34)C(=O)C(=O)N2CCN(C)C)cc1. The van der Waals surface area contributed by atoms with Gasteiger partial charge in [-0.05, 0) is 37.7 Å². The van der Waals surface area contributed by atoms with Crippen molar-refractivity contribution in [2.24, 2.45) is 0 Å². The number of hydrogen-bond acceptors (Lipinski definition) is 4. The highest BCUT2D eigenvalue weighted by Gasteiger charge is 2.46. The number of likely N-dealkylation sites (tertiary alicyclic amines) is 1. The Balaban J connectivity index is 1.87. The van der Waals surface area contributed by atoms with E-state index in [0.29, 0.717) is 18.7 Å². The van der Waals surface area contributed by atoms with Crippen molar-refractivity contribution in [3.05, 3.63) is 77.0 Å². The van der Waals surface area contributed by atoms with Crippen LogP contribution in [0.25, 0.3) is 16.7 Å². The fourth-order valence-electron chi connectivity index (χ4n) is 4.11. The summed E-state index contributed by atoms with van der Waals surface area (Å²) in [6, 6.07) is 14.8. The van der Waals surface area contributed by atoms with Gasteiger partial charge < -0.3 is 19.9 Å². The van der Waals surface area contributed by atoms with E-state index < -0.39 is 17.7 Å². The third kappa shape index (κ3) is 3.75. The highest BCUT2D eigenvalue weighted by molar-refractivity contribution is 6.46. The fourth-order valence-corrected chi connectivity index (χ4v) is 4.11. The number of aliphatic hydroxyl groups is 1. The first kappa shape index (κ1) is 20.9. The van der Waals surface area contributed by atoms with Gasteiger partial charge in [-0.25, -0.2) is 0 Å². The summed E-state index contributed by atoms with van der Waals surface area (Å²) in [6.07, 6.45) is 2.58. The number of aliphatic hydroxyl groups excluding tert-OH is 1. The molecule has 1 aliphatic heterocycles. The van der Waals surface area contributed by atoms with Gasteiger partial charge >= 0.3 is 0 Å². The Morgan fingerprint density at radius 3 is 2.48 bits per heavy atom. The Morgan fingerprint density at radius 2 is 1.81 bits per heavy atom. The summed E-state index contributed by atoms with van der Waals surface area (Å²) >= 11 is 0. The van der Waals surface area contributed by atoms with E-state index in [0.717, 1.165) is 22.9 Å². The van der Waals surface area contributed by atoms with E-state index in [4.69, 9.17) is 0 Å². The molecule has 0 bridgehead atoms. The van der Waals surface area contributed by atoms with Crippen LogP contribution in [-0.4, -0.2) is 58.8 Å². The van der Waals surface area contributed by atoms with Crippen molar-refractivity contribution in [2.75, 3.05) is 27.2 Å². The molecule has 160 valence electrons. The normalized spacial score (nSPS) is 18.5. The molecule has 0 saturated carbocycles. The molecule has 1 atom stereocenters. The number of para-hydroxylation sites is 1. The minimum atomic E-state index is -0.647. The van der Waals surface area contributed by atoms with Crippen molar-refractivity contribution in [2.45, 2.75) is 19.4 Å². The molecule has 1 saturated heterocycles. The molecule has 31 heavy (non-hydrogen) atoms. The number of likely N-dealkylation sites (N-methyl/N-ethyl adjacent to an activating group) is 1. The van der Waals surface area contributed by atoms with Crippen molar-refractivity contribution >= 4 is 28.4 Å². The molecular weight excluding hydrogens is 390 g/mol. The monoisotopic (exact) mass is 417 g/mol. The number of nitrogens with zero attached hydrogens (tertiary/aromatic N) is 2. The molecule has 2 N–H and O–H groups in total. The number of amides is 1. The van der Waals surface area contributed by atoms with Crippen LogP contribution in [0.3, 0.4) is 0 Å². The summed E-state index contributed by atoms with van der Waals surface area (Å²) in [7, 11) is 3.85. The van der Waals surface area contributed by atoms with Gasteiger partial charge in [0.25, 0.3) is 11.7 Å². The predicted molar refractivity (Wildman–Crippen MR) is 122 cm³/mol. The predicted octanol–water partition coefficient (Wildman–Crippen LogP) is 3.71. The lowest BCUT2D eigenvalue weighted by Gasteiger charge is -2.26. The second-order valence-electron chi connectivity index (χ2n) is 8.14. The summed E-state index contributed by atoms with van der Waals surface area (Å²) < 4.78 is 0. The van der Waals surface area contributed by atoms with Gasteiger partial charge in [0.2, 0.25) is 0 Å². The number of aromatic amines is 1. The zero-order valence-corrected chi connectivity index (χ0v) is 18.1. The molecule has 0 radical (unpaired) electrons. The minimum absolute atomic E-state index is 0.137. The quantitative estimate of drug-likeness (QED) is 0.364. The van der Waals surface area contributed by atoms with E-state index in [1.807, 2.05) is 67.5 Å². The van der Waals surface area contributed by atoms with E-state index in [1.54, 1.807) is 11.1 Å². The van der Waals surface area contributed by atoms with Crippen LogP contribution in [0, 0.1) is 0 Å². The standard InChI is InChI=1S/C25H27N3O3/c1-4-16-9-11-17(12-10-16)22-21(24(30)25(31)28(22)14-13-27(2)3)23(29)19-15-26-20-8-6-5-7-18(19)20/h5-12,15,22,26,29H,4,13-14H2,1-3H3/b23-21-. The Bertz CT molecular complexity index is 1160. The number of nitrogens with one attached hydrogen (secondary N) is 1. The number of hydrogen-bond donors (Lipinski definition) is 2. The Kier molecular flexibility index (Phi) is 5.65. The van der Waals surface area contributed by atoms with Gasteiger partial charge in [-0.3, -0.25) is 9.59 Å². The maximum Gasteiger partial charge on any atom is 0.295 e. The van der Waals surface area contributed by atoms with Gasteiger partial charge in [-0.15, -0.1) is 0 Å². The molecule has 6 heteroatoms. The van der Waals surface area contributed by atoms with Crippen molar-refractivity contribution in [1.29, 1.82) is 0 Å². The zero-order valence-electron chi connectivity index (χ0n) is 18.1. The van der Waals surface area contributed by atoms with Crippen molar-refractivity contribution < 1.29 is 14.7 Å². The third-order valence-electron chi connectivity index (χ3n) is 5.88. The number of ketones is 1. The van der Waals surface area contributed by atoms with E-state index in [1.165, 1.54) is 5.56 Å². The summed E-state index contributed by atoms with van der Waals surface area (Å²) in [6.45, 7) is 3.08. The van der Waals surface area contributed by atoms with Crippen LogP contribution in [-0.2, 0) is 16.0 Å². The number of benzene rings is 2. The largest absolute Gasteiger partial charge is 0.507 e. The lowest BCUT2D eigenvalue weighted by molar-refractivity contribution is -0.140. The fraction of sp³-hybridized carbons (Fsp3) is 0.280. The molecule has 1 aliphatic rings. The smallest absolute Gasteiger partial charge is 0.295 e. The van der Waals surface area contributed by atoms with E-state index in [9.17, 15) is 14.7 Å². The lowest BCUT2D eigenvalue weighted by atomic mass is 9.94. The number of Topliss-reactive ketones (excluding diaryl/α,β-unsaturated/α-hetero) is 1. The van der Waals surface area contributed by atoms with Crippen LogP contribution < -0.4 is 0 Å². The third-order valence-corrected chi connectivity index (χ3v) is 5.88. The van der Waals surface area contributed by atoms with Gasteiger partial charge in [-0.1, -0.05) is 49.4 Å². The van der Waals surface area contributed by atoms with Gasteiger partial charge in [0.15, 0.2) is 0 Å². The molecular formula is C25H27N3O3. The number of carbonyl (C=O) groups is 2. The van der Waals surface area contributed by atoms with Gasteiger partial charge in [-0.2, -0.15) is 0 Å². The minimum Gasteiger partial charge on any atom is -0.507 e. The molecule has 3 aromatic rings. The molecule has 2 heterocycles. The number of aromatic nitrogens is 1. The number of H-pyrrole nitrogens is 1. The highest BCUT2D eigenvalue weighted by Crippen LogP contribution is 2.40. The van der Waals surface area contributed by atoms with Crippen molar-refractivity contribution in [3.63, 3.8) is 0 Å². The molecule has 1 aromatic heterocycles. The first-order valence-electron chi connectivity index (χ1n) is 10.5. The molecule has 4 rings (SSSR count). The number of fused-ring (bicyclic) bond motifs is 1. The van der Waals surface area contributed by atoms with E-state index >= 15 is 0 Å². The first-order chi connectivity index (χ1) is 14.9. The highest BCUT2D eigenvalue weighted by atomic mass is 16.3. The van der Waals surface area contributed by atoms with Gasteiger partial charge in [0.1, 0.15) is 5.76 Å². The molecule has 0 spiro atoms. The first-order valence-corrected chi connectivity index (χ1v) is 10.5. The average molecular weight is 418 g/mol. The topological polar surface area (TPSA) is 76.6 Å². The molecule has 6 nitrogen and oxygen atoms in total. The zero-order chi connectivity index (χ0) is 22.1. The van der Waals surface area contributed by atoms with Crippen LogP contribution in [0.4, 0.5) is 0 Å². The Morgan fingerprint density at radius 1 is 1.10 bits per heavy atom. The average Bonchev–Trinajstić information content (AvgIpc) is 3.31. The van der Waals surface area contributed by atoms with Crippen LogP contribution in [0.2, 0.25) is 0 Å². The lowest BCUT2D eigenvalue weighted by Crippen LogP contribution is -2.35. The molecule has 0 aliphatic carbocycles. The van der Waals surface area contributed by atoms with Gasteiger partial charge in [0.05, 0.1) is 11.6 Å². The summed E-state index contributed by atoms with van der Waals surface area (Å²) in [5.74, 6) is -1.37. The maximum atomic E-state index is 13.1. The maximum absolute atomic E-state index is 13.1. The second kappa shape index (κ2) is 8.40. The molecule has 1 unspecified atom stereocenters. The number of carbonyl (C=O) groups excluding carboxylic acids is 2. The molecule has 1 fully saturated rings. The number of aryl methyl sites for hydroxylation is 1. The van der Waals surface area contributed by atoms with E-state index in [-0.39, 0.29) is 11.3 Å². The van der Waals surface area contributed by atoms with Crippen LogP contribution in [0.1, 0.15) is 29.7 Å². The molecule has 1 amide bonds. The Hall–Kier alpha value is -3.38.